The van der Waals surface area contributed by atoms with E-state index < -0.39 is 5.91 Å². The fraction of sp³-hybridized carbons (Fsp3) is 0.0909. The lowest BCUT2D eigenvalue weighted by atomic mass is 9.89. The van der Waals surface area contributed by atoms with Crippen LogP contribution < -0.4 is 11.3 Å². The number of carbonyl (C=O) groups excluding carboxylic acids is 2. The van der Waals surface area contributed by atoms with Crippen LogP contribution in [0.1, 0.15) is 37.4 Å². The highest BCUT2D eigenvalue weighted by atomic mass is 35.5. The molecule has 27 heavy (non-hydrogen) atoms. The van der Waals surface area contributed by atoms with Gasteiger partial charge in [0.1, 0.15) is 0 Å². The molecule has 0 aliphatic heterocycles. The molecule has 3 rings (SSSR count). The number of nitrogens with two attached hydrogens (primary N) is 1. The van der Waals surface area contributed by atoms with Crippen molar-refractivity contribution in [3.05, 3.63) is 94.5 Å². The fourth-order valence-corrected chi connectivity index (χ4v) is 3.31. The molecule has 0 atom stereocenters. The number of hydrogen-bond donors (Lipinski definition) is 2. The van der Waals surface area contributed by atoms with Crippen LogP contribution in [0.5, 0.6) is 0 Å². The van der Waals surface area contributed by atoms with Gasteiger partial charge < -0.3 is 0 Å². The number of hydrogen-bond acceptors (Lipinski definition) is 3. The van der Waals surface area contributed by atoms with E-state index in [2.05, 4.69) is 5.43 Å². The predicted octanol–water partition coefficient (Wildman–Crippen LogP) is 4.24. The van der Waals surface area contributed by atoms with Crippen molar-refractivity contribution in [3.63, 3.8) is 0 Å². The topological polar surface area (TPSA) is 72.2 Å². The number of amides is 1. The van der Waals surface area contributed by atoms with E-state index in [4.69, 9.17) is 17.4 Å². The molecule has 0 heterocycles. The summed E-state index contributed by atoms with van der Waals surface area (Å²) in [7, 11) is 0. The number of nitrogens with one attached hydrogen (secondary N) is 1. The van der Waals surface area contributed by atoms with Gasteiger partial charge in [-0.2, -0.15) is 0 Å². The van der Waals surface area contributed by atoms with Gasteiger partial charge >= 0.3 is 0 Å². The average Bonchev–Trinajstić information content (AvgIpc) is 2.73. The van der Waals surface area contributed by atoms with Crippen LogP contribution in [0.15, 0.2) is 66.7 Å². The minimum atomic E-state index is -0.498. The molecule has 0 aliphatic rings. The van der Waals surface area contributed by atoms with Gasteiger partial charge in [-0.3, -0.25) is 15.0 Å². The van der Waals surface area contributed by atoms with E-state index in [0.717, 1.165) is 16.7 Å². The monoisotopic (exact) mass is 378 g/mol. The maximum absolute atomic E-state index is 13.1. The summed E-state index contributed by atoms with van der Waals surface area (Å²) in [4.78, 5) is 25.6. The summed E-state index contributed by atoms with van der Waals surface area (Å²) in [5, 5.41) is 0. The van der Waals surface area contributed by atoms with Crippen LogP contribution in [0.2, 0.25) is 0 Å². The van der Waals surface area contributed by atoms with E-state index in [0.29, 0.717) is 22.6 Å². The largest absolute Gasteiger partial charge is 0.290 e. The van der Waals surface area contributed by atoms with Gasteiger partial charge in [-0.05, 0) is 41.3 Å². The molecule has 3 N–H and O–H groups in total. The molecule has 3 aromatic carbocycles. The molecule has 0 aromatic heterocycles. The molecule has 4 nitrogen and oxygen atoms in total. The summed E-state index contributed by atoms with van der Waals surface area (Å²) in [6, 6.07) is 20.3. The molecule has 0 unspecified atom stereocenters. The van der Waals surface area contributed by atoms with Gasteiger partial charge in [0, 0.05) is 17.0 Å². The Kier molecular flexibility index (Phi) is 5.69. The molecule has 0 fully saturated rings. The maximum atomic E-state index is 13.1. The molecule has 0 spiro atoms. The predicted molar refractivity (Wildman–Crippen MR) is 108 cm³/mol. The summed E-state index contributed by atoms with van der Waals surface area (Å²) in [6.07, 6.45) is 0. The Labute approximate surface area is 162 Å². The highest BCUT2D eigenvalue weighted by molar-refractivity contribution is 6.18. The Morgan fingerprint density at radius 3 is 2.41 bits per heavy atom. The lowest BCUT2D eigenvalue weighted by Gasteiger charge is -2.15. The van der Waals surface area contributed by atoms with E-state index in [1.165, 1.54) is 0 Å². The molecular weight excluding hydrogens is 360 g/mol. The zero-order chi connectivity index (χ0) is 19.4. The summed E-state index contributed by atoms with van der Waals surface area (Å²) in [5.74, 6) is 4.95. The van der Waals surface area contributed by atoms with Crippen molar-refractivity contribution in [1.82, 2.24) is 5.43 Å². The van der Waals surface area contributed by atoms with Gasteiger partial charge in [0.15, 0.2) is 5.78 Å². The SMILES string of the molecule is Cc1c(-c2ccccc2)ccc(C(=O)c2cccc(CCl)c2)c1C(=O)NN. The average molecular weight is 379 g/mol. The number of ketones is 1. The van der Waals surface area contributed by atoms with E-state index in [-0.39, 0.29) is 11.3 Å². The first kappa shape index (κ1) is 18.8. The molecule has 0 bridgehead atoms. The van der Waals surface area contributed by atoms with E-state index >= 15 is 0 Å². The lowest BCUT2D eigenvalue weighted by molar-refractivity contribution is 0.0941. The highest BCUT2D eigenvalue weighted by Crippen LogP contribution is 2.29. The van der Waals surface area contributed by atoms with Crippen LogP contribution in [0, 0.1) is 6.92 Å². The second-order valence-electron chi connectivity index (χ2n) is 6.16. The number of nitrogen functional groups attached to an aromatic ring is 1. The second-order valence-corrected chi connectivity index (χ2v) is 6.43. The standard InChI is InChI=1S/C22H19ClN2O2/c1-14-18(16-7-3-2-4-8-16)10-11-19(20(14)22(27)25-24)21(26)17-9-5-6-15(12-17)13-23/h2-12H,13,24H2,1H3,(H,25,27). The summed E-state index contributed by atoms with van der Waals surface area (Å²) in [6.45, 7) is 1.82. The first-order chi connectivity index (χ1) is 13.1. The number of alkyl halides is 1. The van der Waals surface area contributed by atoms with Crippen molar-refractivity contribution in [1.29, 1.82) is 0 Å². The Morgan fingerprint density at radius 2 is 1.74 bits per heavy atom. The Morgan fingerprint density at radius 1 is 1.00 bits per heavy atom. The summed E-state index contributed by atoms with van der Waals surface area (Å²) in [5.41, 5.74) is 6.59. The van der Waals surface area contributed by atoms with Crippen molar-refractivity contribution < 1.29 is 9.59 Å². The van der Waals surface area contributed by atoms with Crippen LogP contribution in [0.25, 0.3) is 11.1 Å². The van der Waals surface area contributed by atoms with Crippen molar-refractivity contribution >= 4 is 23.3 Å². The number of halogens is 1. The van der Waals surface area contributed by atoms with Crippen molar-refractivity contribution in [2.75, 3.05) is 0 Å². The van der Waals surface area contributed by atoms with Gasteiger partial charge in [0.05, 0.1) is 5.56 Å². The number of hydrazine groups is 1. The van der Waals surface area contributed by atoms with Gasteiger partial charge in [0.25, 0.3) is 5.91 Å². The van der Waals surface area contributed by atoms with Crippen LogP contribution in [0.4, 0.5) is 0 Å². The lowest BCUT2D eigenvalue weighted by Crippen LogP contribution is -2.32. The third kappa shape index (κ3) is 3.77. The Balaban J connectivity index is 2.16. The molecule has 0 saturated carbocycles. The Hall–Kier alpha value is -2.95. The van der Waals surface area contributed by atoms with Gasteiger partial charge in [-0.1, -0.05) is 54.6 Å². The Bertz CT molecular complexity index is 1000. The second kappa shape index (κ2) is 8.16. The minimum Gasteiger partial charge on any atom is -0.290 e. The van der Waals surface area contributed by atoms with Crippen LogP contribution >= 0.6 is 11.6 Å². The summed E-state index contributed by atoms with van der Waals surface area (Å²) < 4.78 is 0. The number of rotatable bonds is 5. The zero-order valence-electron chi connectivity index (χ0n) is 14.8. The van der Waals surface area contributed by atoms with Crippen molar-refractivity contribution in [2.45, 2.75) is 12.8 Å². The number of carbonyl (C=O) groups is 2. The fourth-order valence-electron chi connectivity index (χ4n) is 3.15. The maximum Gasteiger partial charge on any atom is 0.266 e. The highest BCUT2D eigenvalue weighted by Gasteiger charge is 2.22. The van der Waals surface area contributed by atoms with E-state index in [9.17, 15) is 9.59 Å². The molecule has 0 aliphatic carbocycles. The normalized spacial score (nSPS) is 10.5. The third-order valence-corrected chi connectivity index (χ3v) is 4.80. The van der Waals surface area contributed by atoms with Crippen LogP contribution in [-0.2, 0) is 5.88 Å². The van der Waals surface area contributed by atoms with Gasteiger partial charge in [-0.25, -0.2) is 5.84 Å². The molecule has 3 aromatic rings. The molecule has 5 heteroatoms. The van der Waals surface area contributed by atoms with Gasteiger partial charge in [-0.15, -0.1) is 11.6 Å². The van der Waals surface area contributed by atoms with Crippen molar-refractivity contribution in [2.24, 2.45) is 5.84 Å². The van der Waals surface area contributed by atoms with E-state index in [1.807, 2.05) is 49.4 Å². The molecule has 1 amide bonds. The minimum absolute atomic E-state index is 0.247. The zero-order valence-corrected chi connectivity index (χ0v) is 15.6. The first-order valence-electron chi connectivity index (χ1n) is 8.46. The molecule has 136 valence electrons. The number of benzene rings is 3. The molecule has 0 radical (unpaired) electrons. The van der Waals surface area contributed by atoms with Gasteiger partial charge in [0.2, 0.25) is 0 Å². The van der Waals surface area contributed by atoms with Crippen LogP contribution in [-0.4, -0.2) is 11.7 Å². The quantitative estimate of drug-likeness (QED) is 0.229. The first-order valence-corrected chi connectivity index (χ1v) is 8.99. The summed E-state index contributed by atoms with van der Waals surface area (Å²) >= 11 is 5.88. The van der Waals surface area contributed by atoms with Crippen LogP contribution in [0.3, 0.4) is 0 Å². The molecular formula is C22H19ClN2O2. The van der Waals surface area contributed by atoms with E-state index in [1.54, 1.807) is 24.3 Å². The third-order valence-electron chi connectivity index (χ3n) is 4.50. The molecule has 0 saturated heterocycles. The smallest absolute Gasteiger partial charge is 0.266 e. The van der Waals surface area contributed by atoms with Crippen molar-refractivity contribution in [3.8, 4) is 11.1 Å².